The van der Waals surface area contributed by atoms with Crippen LogP contribution in [0.4, 0.5) is 0 Å². The van der Waals surface area contributed by atoms with Crippen LogP contribution in [0.25, 0.3) is 10.9 Å². The molecule has 0 aliphatic carbocycles. The van der Waals surface area contributed by atoms with E-state index in [9.17, 15) is 8.42 Å². The lowest BCUT2D eigenvalue weighted by Crippen LogP contribution is -2.22. The number of hydrogen-bond donors (Lipinski definition) is 2. The van der Waals surface area contributed by atoms with Crippen LogP contribution in [0.15, 0.2) is 69.8 Å². The van der Waals surface area contributed by atoms with Crippen molar-refractivity contribution < 1.29 is 13.2 Å². The number of para-hydroxylation sites is 1. The number of methoxy groups -OCH3 is 1. The van der Waals surface area contributed by atoms with Crippen LogP contribution in [0.2, 0.25) is 0 Å². The molecular formula is C18H19N5O3S. The molecule has 0 radical (unpaired) electrons. The van der Waals surface area contributed by atoms with Gasteiger partial charge in [0.15, 0.2) is 0 Å². The Labute approximate surface area is 156 Å². The molecule has 0 aliphatic heterocycles. The fourth-order valence-corrected chi connectivity index (χ4v) is 4.05. The molecule has 4 N–H and O–H groups in total. The summed E-state index contributed by atoms with van der Waals surface area (Å²) in [5.74, 6) is 0.399. The third-order valence-electron chi connectivity index (χ3n) is 4.00. The van der Waals surface area contributed by atoms with Crippen LogP contribution in [-0.2, 0) is 10.0 Å². The maximum atomic E-state index is 13.2. The Morgan fingerprint density at radius 3 is 2.33 bits per heavy atom. The monoisotopic (exact) mass is 385 g/mol. The summed E-state index contributed by atoms with van der Waals surface area (Å²) in [5, 5.41) is 8.33. The van der Waals surface area contributed by atoms with Gasteiger partial charge in [0.25, 0.3) is 10.0 Å². The predicted molar refractivity (Wildman–Crippen MR) is 106 cm³/mol. The fourth-order valence-electron chi connectivity index (χ4n) is 2.68. The first-order valence-electron chi connectivity index (χ1n) is 7.98. The first kappa shape index (κ1) is 18.5. The number of ether oxygens (including phenoxy) is 1. The van der Waals surface area contributed by atoms with Crippen LogP contribution >= 0.6 is 0 Å². The van der Waals surface area contributed by atoms with Crippen molar-refractivity contribution in [3.05, 3.63) is 60.3 Å². The van der Waals surface area contributed by atoms with Crippen molar-refractivity contribution in [1.29, 1.82) is 0 Å². The zero-order valence-corrected chi connectivity index (χ0v) is 15.6. The number of benzene rings is 2. The van der Waals surface area contributed by atoms with Gasteiger partial charge in [0.2, 0.25) is 5.96 Å². The van der Waals surface area contributed by atoms with Crippen molar-refractivity contribution in [3.8, 4) is 5.75 Å². The summed E-state index contributed by atoms with van der Waals surface area (Å²) in [4.78, 5) is 0.148. The van der Waals surface area contributed by atoms with Crippen LogP contribution in [0.5, 0.6) is 5.75 Å². The number of nitrogens with two attached hydrogens (primary N) is 2. The molecule has 0 fully saturated rings. The van der Waals surface area contributed by atoms with E-state index in [4.69, 9.17) is 16.2 Å². The van der Waals surface area contributed by atoms with E-state index in [1.165, 1.54) is 29.4 Å². The van der Waals surface area contributed by atoms with Crippen molar-refractivity contribution in [2.75, 3.05) is 7.11 Å². The quantitative estimate of drug-likeness (QED) is 0.394. The molecule has 0 aliphatic rings. The molecule has 3 aromatic rings. The molecule has 1 aromatic heterocycles. The fraction of sp³-hybridized carbons (Fsp3) is 0.111. The summed E-state index contributed by atoms with van der Waals surface area (Å²) < 4.78 is 32.6. The van der Waals surface area contributed by atoms with Crippen LogP contribution in [0.3, 0.4) is 0 Å². The highest BCUT2D eigenvalue weighted by atomic mass is 32.2. The highest BCUT2D eigenvalue weighted by Crippen LogP contribution is 2.27. The summed E-state index contributed by atoms with van der Waals surface area (Å²) >= 11 is 0. The van der Waals surface area contributed by atoms with Gasteiger partial charge >= 0.3 is 0 Å². The summed E-state index contributed by atoms with van der Waals surface area (Å²) in [7, 11) is -2.29. The molecule has 2 aromatic carbocycles. The zero-order valence-electron chi connectivity index (χ0n) is 14.8. The standard InChI is InChI=1S/C18H19N5O3S/c1-12(21-22-18(19)20)16-11-23(17-6-4-3-5-15(16)17)27(24,25)14-9-7-13(26-2)8-10-14/h3-11H,1-2H3,(H4,19,20,22)/b21-12-. The molecular weight excluding hydrogens is 366 g/mol. The Morgan fingerprint density at radius 1 is 1.04 bits per heavy atom. The average molecular weight is 385 g/mol. The highest BCUT2D eigenvalue weighted by molar-refractivity contribution is 7.90. The number of aromatic nitrogens is 1. The predicted octanol–water partition coefficient (Wildman–Crippen LogP) is 1.88. The van der Waals surface area contributed by atoms with E-state index in [-0.39, 0.29) is 10.9 Å². The second-order valence-electron chi connectivity index (χ2n) is 5.75. The van der Waals surface area contributed by atoms with E-state index in [0.717, 1.165) is 5.39 Å². The number of nitrogens with zero attached hydrogens (tertiary/aromatic N) is 3. The maximum Gasteiger partial charge on any atom is 0.268 e. The highest BCUT2D eigenvalue weighted by Gasteiger charge is 2.22. The lowest BCUT2D eigenvalue weighted by molar-refractivity contribution is 0.414. The van der Waals surface area contributed by atoms with Crippen molar-refractivity contribution in [1.82, 2.24) is 3.97 Å². The lowest BCUT2D eigenvalue weighted by Gasteiger charge is -2.08. The molecule has 9 heteroatoms. The number of guanidine groups is 1. The van der Waals surface area contributed by atoms with Gasteiger partial charge in [-0.05, 0) is 37.3 Å². The van der Waals surface area contributed by atoms with E-state index in [0.29, 0.717) is 22.5 Å². The normalized spacial score (nSPS) is 12.1. The van der Waals surface area contributed by atoms with Crippen LogP contribution in [0.1, 0.15) is 12.5 Å². The first-order valence-corrected chi connectivity index (χ1v) is 9.42. The number of fused-ring (bicyclic) bond motifs is 1. The topological polar surface area (TPSA) is 125 Å². The van der Waals surface area contributed by atoms with Gasteiger partial charge in [-0.25, -0.2) is 12.4 Å². The summed E-state index contributed by atoms with van der Waals surface area (Å²) in [6.45, 7) is 1.71. The number of rotatable bonds is 5. The number of hydrogen-bond acceptors (Lipinski definition) is 5. The SMILES string of the molecule is COc1ccc(S(=O)(=O)n2cc(/C(C)=N\N=C(N)N)c3ccccc32)cc1. The van der Waals surface area contributed by atoms with Gasteiger partial charge in [-0.15, -0.1) is 5.10 Å². The van der Waals surface area contributed by atoms with E-state index in [2.05, 4.69) is 10.2 Å². The minimum Gasteiger partial charge on any atom is -0.497 e. The summed E-state index contributed by atoms with van der Waals surface area (Å²) in [6, 6.07) is 13.4. The minimum atomic E-state index is -3.81. The van der Waals surface area contributed by atoms with Gasteiger partial charge in [-0.3, -0.25) is 0 Å². The first-order chi connectivity index (χ1) is 12.8. The Balaban J connectivity index is 2.20. The second-order valence-corrected chi connectivity index (χ2v) is 7.56. The van der Waals surface area contributed by atoms with E-state index in [1.54, 1.807) is 31.2 Å². The van der Waals surface area contributed by atoms with Crippen molar-refractivity contribution in [2.24, 2.45) is 21.7 Å². The van der Waals surface area contributed by atoms with Crippen LogP contribution < -0.4 is 16.2 Å². The van der Waals surface area contributed by atoms with Gasteiger partial charge in [0.05, 0.1) is 23.2 Å². The summed E-state index contributed by atoms with van der Waals surface area (Å²) in [5.41, 5.74) is 12.3. The third-order valence-corrected chi connectivity index (χ3v) is 5.69. The van der Waals surface area contributed by atoms with Crippen molar-refractivity contribution in [2.45, 2.75) is 11.8 Å². The molecule has 3 rings (SSSR count). The van der Waals surface area contributed by atoms with Crippen LogP contribution in [-0.4, -0.2) is 31.2 Å². The van der Waals surface area contributed by atoms with Gasteiger partial charge in [0, 0.05) is 17.1 Å². The van der Waals surface area contributed by atoms with Crippen LogP contribution in [0, 0.1) is 0 Å². The molecule has 0 spiro atoms. The molecule has 0 bridgehead atoms. The average Bonchev–Trinajstić information content (AvgIpc) is 3.06. The van der Waals surface area contributed by atoms with Crippen molar-refractivity contribution >= 4 is 32.6 Å². The molecule has 8 nitrogen and oxygen atoms in total. The van der Waals surface area contributed by atoms with E-state index < -0.39 is 10.0 Å². The Kier molecular flexibility index (Phi) is 4.87. The third kappa shape index (κ3) is 3.49. The Hall–Kier alpha value is -3.33. The zero-order chi connectivity index (χ0) is 19.6. The molecule has 140 valence electrons. The molecule has 0 saturated carbocycles. The lowest BCUT2D eigenvalue weighted by atomic mass is 10.1. The molecule has 0 atom stereocenters. The largest absolute Gasteiger partial charge is 0.497 e. The van der Waals surface area contributed by atoms with Gasteiger partial charge in [0.1, 0.15) is 5.75 Å². The maximum absolute atomic E-state index is 13.2. The molecule has 27 heavy (non-hydrogen) atoms. The van der Waals surface area contributed by atoms with Gasteiger partial charge in [-0.1, -0.05) is 18.2 Å². The summed E-state index contributed by atoms with van der Waals surface area (Å²) in [6.07, 6.45) is 1.52. The van der Waals surface area contributed by atoms with E-state index in [1.807, 2.05) is 12.1 Å². The second kappa shape index (κ2) is 7.12. The molecule has 1 heterocycles. The van der Waals surface area contributed by atoms with Gasteiger partial charge < -0.3 is 16.2 Å². The molecule has 0 amide bonds. The smallest absolute Gasteiger partial charge is 0.268 e. The van der Waals surface area contributed by atoms with Crippen molar-refractivity contribution in [3.63, 3.8) is 0 Å². The molecule has 0 saturated heterocycles. The van der Waals surface area contributed by atoms with E-state index >= 15 is 0 Å². The Morgan fingerprint density at radius 2 is 1.70 bits per heavy atom. The minimum absolute atomic E-state index is 0.148. The Bertz CT molecular complexity index is 1140. The van der Waals surface area contributed by atoms with Gasteiger partial charge in [-0.2, -0.15) is 5.10 Å². The molecule has 0 unspecified atom stereocenters.